The molecule has 172 valence electrons. The average Bonchev–Trinajstić information content (AvgIpc) is 2.80. The molecule has 1 aromatic heterocycles. The number of ether oxygens (including phenoxy) is 1. The zero-order valence-electron chi connectivity index (χ0n) is 17.8. The Bertz CT molecular complexity index is 954. The molecule has 0 bridgehead atoms. The zero-order chi connectivity index (χ0) is 22.7. The first-order valence-corrected chi connectivity index (χ1v) is 10.8. The topological polar surface area (TPSA) is 75.3 Å². The summed E-state index contributed by atoms with van der Waals surface area (Å²) in [6.07, 6.45) is 1.27. The minimum Gasteiger partial charge on any atom is -0.353 e. The van der Waals surface area contributed by atoms with Gasteiger partial charge in [0.2, 0.25) is 11.8 Å². The van der Waals surface area contributed by atoms with E-state index >= 15 is 0 Å². The number of nitrogens with zero attached hydrogens (tertiary/aromatic N) is 1. The van der Waals surface area contributed by atoms with Crippen LogP contribution in [-0.2, 0) is 9.53 Å². The van der Waals surface area contributed by atoms with E-state index in [0.29, 0.717) is 35.6 Å². The maximum atomic E-state index is 14.6. The predicted octanol–water partition coefficient (Wildman–Crippen LogP) is 3.86. The van der Waals surface area contributed by atoms with Gasteiger partial charge >= 0.3 is 0 Å². The van der Waals surface area contributed by atoms with Crippen LogP contribution in [0, 0.1) is 11.7 Å². The van der Waals surface area contributed by atoms with Gasteiger partial charge in [0.05, 0.1) is 17.3 Å². The maximum Gasteiger partial charge on any atom is 0.248 e. The standard InChI is InChI=1S/C23H27F3N4O2/c1-32-22-28-12-15(13-29-22)21(31)30-20-17(16-4-2-3-5-18(16)24)8-11-27-19(20)14-6-9-23(25,26)10-7-14/h2-5,8,11,14-15,22,28-29H,6-7,9-10,12-13H2,1H3,(H,30,31). The summed E-state index contributed by atoms with van der Waals surface area (Å²) in [5.74, 6) is -4.00. The van der Waals surface area contributed by atoms with Crippen molar-refractivity contribution in [1.82, 2.24) is 15.6 Å². The maximum absolute atomic E-state index is 14.6. The Morgan fingerprint density at radius 1 is 1.12 bits per heavy atom. The lowest BCUT2D eigenvalue weighted by Gasteiger charge is -2.31. The SMILES string of the molecule is COC1NCC(C(=O)Nc2c(-c3ccccc3F)ccnc2C2CCC(F)(F)CC2)CN1. The smallest absolute Gasteiger partial charge is 0.248 e. The highest BCUT2D eigenvalue weighted by atomic mass is 19.3. The van der Waals surface area contributed by atoms with Crippen LogP contribution in [0.2, 0.25) is 0 Å². The predicted molar refractivity (Wildman–Crippen MR) is 115 cm³/mol. The molecule has 3 N–H and O–H groups in total. The first-order chi connectivity index (χ1) is 15.4. The number of carbonyl (C=O) groups excluding carboxylic acids is 1. The molecule has 0 radical (unpaired) electrons. The van der Waals surface area contributed by atoms with Crippen LogP contribution in [0.4, 0.5) is 18.9 Å². The zero-order valence-corrected chi connectivity index (χ0v) is 17.8. The van der Waals surface area contributed by atoms with E-state index in [1.807, 2.05) is 0 Å². The molecular weight excluding hydrogens is 421 g/mol. The van der Waals surface area contributed by atoms with Gasteiger partial charge in [-0.1, -0.05) is 18.2 Å². The van der Waals surface area contributed by atoms with Crippen molar-refractivity contribution in [2.24, 2.45) is 5.92 Å². The number of amides is 1. The van der Waals surface area contributed by atoms with Crippen molar-refractivity contribution < 1.29 is 22.7 Å². The number of carbonyl (C=O) groups is 1. The van der Waals surface area contributed by atoms with E-state index in [1.165, 1.54) is 6.07 Å². The minimum atomic E-state index is -2.68. The highest BCUT2D eigenvalue weighted by molar-refractivity contribution is 5.98. The summed E-state index contributed by atoms with van der Waals surface area (Å²) in [5.41, 5.74) is 1.74. The van der Waals surface area contributed by atoms with Gasteiger partial charge in [0.1, 0.15) is 5.82 Å². The summed E-state index contributed by atoms with van der Waals surface area (Å²) in [4.78, 5) is 17.6. The van der Waals surface area contributed by atoms with Crippen LogP contribution in [-0.4, -0.2) is 43.4 Å². The monoisotopic (exact) mass is 448 g/mol. The molecule has 6 nitrogen and oxygen atoms in total. The van der Waals surface area contributed by atoms with Crippen LogP contribution in [0.1, 0.15) is 37.3 Å². The van der Waals surface area contributed by atoms with Gasteiger partial charge in [-0.15, -0.1) is 0 Å². The number of halogens is 3. The second-order valence-corrected chi connectivity index (χ2v) is 8.35. The molecule has 4 rings (SSSR count). The number of benzene rings is 1. The number of aromatic nitrogens is 1. The fraction of sp³-hybridized carbons (Fsp3) is 0.478. The third-order valence-electron chi connectivity index (χ3n) is 6.20. The third kappa shape index (κ3) is 4.95. The summed E-state index contributed by atoms with van der Waals surface area (Å²) >= 11 is 0. The van der Waals surface area contributed by atoms with Gasteiger partial charge in [-0.3, -0.25) is 20.4 Å². The van der Waals surface area contributed by atoms with Crippen molar-refractivity contribution in [3.05, 3.63) is 48.0 Å². The number of nitrogens with one attached hydrogen (secondary N) is 3. The van der Waals surface area contributed by atoms with Gasteiger partial charge in [-0.2, -0.15) is 0 Å². The van der Waals surface area contributed by atoms with Crippen molar-refractivity contribution in [3.8, 4) is 11.1 Å². The molecule has 32 heavy (non-hydrogen) atoms. The van der Waals surface area contributed by atoms with Crippen molar-refractivity contribution in [3.63, 3.8) is 0 Å². The number of alkyl halides is 2. The molecule has 1 saturated carbocycles. The summed E-state index contributed by atoms with van der Waals surface area (Å²) in [5, 5.41) is 9.10. The lowest BCUT2D eigenvalue weighted by molar-refractivity contribution is -0.121. The van der Waals surface area contributed by atoms with Gasteiger partial charge in [0.25, 0.3) is 0 Å². The summed E-state index contributed by atoms with van der Waals surface area (Å²) in [6, 6.07) is 7.93. The molecule has 1 aliphatic carbocycles. The van der Waals surface area contributed by atoms with Gasteiger partial charge in [0.15, 0.2) is 6.35 Å². The van der Waals surface area contributed by atoms with E-state index in [-0.39, 0.29) is 43.9 Å². The average molecular weight is 448 g/mol. The van der Waals surface area contributed by atoms with E-state index in [2.05, 4.69) is 20.9 Å². The largest absolute Gasteiger partial charge is 0.353 e. The molecule has 1 amide bonds. The van der Waals surface area contributed by atoms with Crippen molar-refractivity contribution in [2.75, 3.05) is 25.5 Å². The van der Waals surface area contributed by atoms with Crippen molar-refractivity contribution in [1.29, 1.82) is 0 Å². The molecule has 1 aliphatic heterocycles. The number of hydrogen-bond acceptors (Lipinski definition) is 5. The molecule has 2 heterocycles. The molecule has 1 saturated heterocycles. The number of rotatable bonds is 5. The lowest BCUT2D eigenvalue weighted by Crippen LogP contribution is -2.56. The van der Waals surface area contributed by atoms with E-state index < -0.39 is 17.7 Å². The number of anilines is 1. The number of methoxy groups -OCH3 is 1. The Morgan fingerprint density at radius 2 is 1.81 bits per heavy atom. The summed E-state index contributed by atoms with van der Waals surface area (Å²) in [7, 11) is 1.56. The Balaban J connectivity index is 1.66. The molecular formula is C23H27F3N4O2. The molecule has 2 fully saturated rings. The fourth-order valence-corrected chi connectivity index (χ4v) is 4.36. The summed E-state index contributed by atoms with van der Waals surface area (Å²) < 4.78 is 47.3. The number of hydrogen-bond donors (Lipinski definition) is 3. The Kier molecular flexibility index (Phi) is 6.78. The van der Waals surface area contributed by atoms with Gasteiger partial charge in [0, 0.05) is 56.3 Å². The molecule has 2 aliphatic rings. The van der Waals surface area contributed by atoms with E-state index in [0.717, 1.165) is 0 Å². The van der Waals surface area contributed by atoms with Gasteiger partial charge < -0.3 is 10.1 Å². The number of pyridine rings is 1. The van der Waals surface area contributed by atoms with Crippen LogP contribution in [0.15, 0.2) is 36.5 Å². The summed E-state index contributed by atoms with van der Waals surface area (Å²) in [6.45, 7) is 0.801. The highest BCUT2D eigenvalue weighted by Crippen LogP contribution is 2.44. The molecule has 1 aromatic carbocycles. The minimum absolute atomic E-state index is 0.231. The molecule has 0 unspecified atom stereocenters. The Morgan fingerprint density at radius 3 is 2.47 bits per heavy atom. The molecule has 0 atom stereocenters. The van der Waals surface area contributed by atoms with Crippen LogP contribution < -0.4 is 16.0 Å². The first-order valence-electron chi connectivity index (χ1n) is 10.8. The second kappa shape index (κ2) is 9.56. The molecule has 9 heteroatoms. The van der Waals surface area contributed by atoms with Crippen molar-refractivity contribution in [2.45, 2.75) is 43.9 Å². The van der Waals surface area contributed by atoms with Crippen LogP contribution in [0.3, 0.4) is 0 Å². The quantitative estimate of drug-likeness (QED) is 0.648. The highest BCUT2D eigenvalue weighted by Gasteiger charge is 2.37. The normalized spacial score (nSPS) is 23.6. The Labute approximate surface area is 184 Å². The van der Waals surface area contributed by atoms with Crippen LogP contribution >= 0.6 is 0 Å². The van der Waals surface area contributed by atoms with Gasteiger partial charge in [-0.25, -0.2) is 13.2 Å². The lowest BCUT2D eigenvalue weighted by atomic mass is 9.83. The molecule has 0 spiro atoms. The Hall–Kier alpha value is -2.49. The van der Waals surface area contributed by atoms with E-state index in [1.54, 1.807) is 37.6 Å². The second-order valence-electron chi connectivity index (χ2n) is 8.35. The van der Waals surface area contributed by atoms with Crippen LogP contribution in [0.5, 0.6) is 0 Å². The van der Waals surface area contributed by atoms with Crippen LogP contribution in [0.25, 0.3) is 11.1 Å². The van der Waals surface area contributed by atoms with Gasteiger partial charge in [-0.05, 0) is 25.0 Å². The van der Waals surface area contributed by atoms with Crippen molar-refractivity contribution >= 4 is 11.6 Å². The third-order valence-corrected chi connectivity index (χ3v) is 6.20. The molecule has 2 aromatic rings. The first kappa shape index (κ1) is 22.7. The fourth-order valence-electron chi connectivity index (χ4n) is 4.36. The van der Waals surface area contributed by atoms with E-state index in [9.17, 15) is 18.0 Å². The van der Waals surface area contributed by atoms with E-state index in [4.69, 9.17) is 4.74 Å².